The maximum absolute atomic E-state index is 12.1. The Balaban J connectivity index is 0.00000261. The Morgan fingerprint density at radius 2 is 1.33 bits per heavy atom. The summed E-state index contributed by atoms with van der Waals surface area (Å²) in [5.74, 6) is 0.112. The van der Waals surface area contributed by atoms with E-state index < -0.39 is 0 Å². The number of esters is 1. The molecule has 2 aromatic carbocycles. The number of carbonyl (C=O) groups excluding carboxylic acids is 1. The predicted molar refractivity (Wildman–Crippen MR) is 115 cm³/mol. The smallest absolute Gasteiger partial charge is 0.305 e. The lowest BCUT2D eigenvalue weighted by Crippen LogP contribution is -2.12. The maximum Gasteiger partial charge on any atom is 0.305 e. The number of fused-ring (bicyclic) bond motifs is 3. The van der Waals surface area contributed by atoms with Gasteiger partial charge in [-0.25, -0.2) is 0 Å². The average Bonchev–Trinajstić information content (AvgIpc) is 3.00. The highest BCUT2D eigenvalue weighted by atomic mass is 35.5. The van der Waals surface area contributed by atoms with E-state index in [1.54, 1.807) is 0 Å². The van der Waals surface area contributed by atoms with E-state index in [1.807, 2.05) is 0 Å². The first-order chi connectivity index (χ1) is 12.8. The minimum atomic E-state index is -0.0552. The van der Waals surface area contributed by atoms with Gasteiger partial charge in [0.2, 0.25) is 0 Å². The van der Waals surface area contributed by atoms with Gasteiger partial charge in [0.25, 0.3) is 0 Å². The summed E-state index contributed by atoms with van der Waals surface area (Å²) in [6.45, 7) is 2.68. The van der Waals surface area contributed by atoms with Gasteiger partial charge in [-0.3, -0.25) is 4.79 Å². The summed E-state index contributed by atoms with van der Waals surface area (Å²) in [5.41, 5.74) is 5.10. The second-order valence-corrected chi connectivity index (χ2v) is 7.28. The summed E-state index contributed by atoms with van der Waals surface area (Å²) < 4.78 is 5.65. The van der Waals surface area contributed by atoms with Gasteiger partial charge in [0.1, 0.15) is 6.61 Å². The van der Waals surface area contributed by atoms with Crippen LogP contribution >= 0.6 is 12.4 Å². The molecular weight excluding hydrogens is 356 g/mol. The Hall–Kier alpha value is -1.80. The SMILES string of the molecule is CCCCCCCCCC(=O)OCC1c2ccccc2-c2ccccc21.Cl. The third-order valence-corrected chi connectivity index (χ3v) is 5.36. The number of benzene rings is 2. The number of hydrogen-bond acceptors (Lipinski definition) is 2. The van der Waals surface area contributed by atoms with Gasteiger partial charge in [-0.2, -0.15) is 0 Å². The first-order valence-corrected chi connectivity index (χ1v) is 10.1. The summed E-state index contributed by atoms with van der Waals surface area (Å²) >= 11 is 0. The Bertz CT molecular complexity index is 680. The van der Waals surface area contributed by atoms with Gasteiger partial charge >= 0.3 is 5.97 Å². The molecule has 1 aliphatic rings. The summed E-state index contributed by atoms with van der Waals surface area (Å²) in [7, 11) is 0. The van der Waals surface area contributed by atoms with Crippen molar-refractivity contribution in [1.82, 2.24) is 0 Å². The fraction of sp³-hybridized carbons (Fsp3) is 0.458. The van der Waals surface area contributed by atoms with Crippen molar-refractivity contribution >= 4 is 18.4 Å². The molecule has 0 unspecified atom stereocenters. The predicted octanol–water partition coefficient (Wildman–Crippen LogP) is 6.90. The largest absolute Gasteiger partial charge is 0.465 e. The monoisotopic (exact) mass is 386 g/mol. The molecule has 0 aliphatic heterocycles. The van der Waals surface area contributed by atoms with Crippen LogP contribution in [0.15, 0.2) is 48.5 Å². The topological polar surface area (TPSA) is 26.3 Å². The van der Waals surface area contributed by atoms with E-state index in [0.717, 1.165) is 12.8 Å². The van der Waals surface area contributed by atoms with Gasteiger partial charge in [0, 0.05) is 12.3 Å². The van der Waals surface area contributed by atoms with Crippen LogP contribution in [0.25, 0.3) is 11.1 Å². The first kappa shape index (κ1) is 21.5. The summed E-state index contributed by atoms with van der Waals surface area (Å²) in [4.78, 5) is 12.1. The number of rotatable bonds is 10. The van der Waals surface area contributed by atoms with Gasteiger partial charge in [0.05, 0.1) is 0 Å². The molecule has 0 fully saturated rings. The highest BCUT2D eigenvalue weighted by Gasteiger charge is 2.28. The lowest BCUT2D eigenvalue weighted by Gasteiger charge is -2.14. The molecule has 0 saturated heterocycles. The molecule has 0 N–H and O–H groups in total. The zero-order chi connectivity index (χ0) is 18.2. The van der Waals surface area contributed by atoms with E-state index in [0.29, 0.717) is 13.0 Å². The van der Waals surface area contributed by atoms with E-state index in [1.165, 1.54) is 54.4 Å². The molecular formula is C24H31ClO2. The highest BCUT2D eigenvalue weighted by molar-refractivity contribution is 5.85. The van der Waals surface area contributed by atoms with E-state index in [9.17, 15) is 4.79 Å². The molecule has 3 rings (SSSR count). The van der Waals surface area contributed by atoms with Crippen molar-refractivity contribution in [1.29, 1.82) is 0 Å². The van der Waals surface area contributed by atoms with Gasteiger partial charge in [0.15, 0.2) is 0 Å². The molecule has 146 valence electrons. The molecule has 0 atom stereocenters. The second-order valence-electron chi connectivity index (χ2n) is 7.28. The fourth-order valence-corrected chi connectivity index (χ4v) is 3.91. The zero-order valence-electron chi connectivity index (χ0n) is 16.3. The number of hydrogen-bond donors (Lipinski definition) is 0. The molecule has 2 nitrogen and oxygen atoms in total. The number of halogens is 1. The van der Waals surface area contributed by atoms with Crippen LogP contribution in [0.1, 0.15) is 75.3 Å². The zero-order valence-corrected chi connectivity index (χ0v) is 17.1. The lowest BCUT2D eigenvalue weighted by molar-refractivity contribution is -0.144. The molecule has 0 aromatic heterocycles. The molecule has 3 heteroatoms. The number of unbranched alkanes of at least 4 members (excludes halogenated alkanes) is 6. The van der Waals surface area contributed by atoms with E-state index in [-0.39, 0.29) is 24.3 Å². The summed E-state index contributed by atoms with van der Waals surface area (Å²) in [6, 6.07) is 16.9. The minimum Gasteiger partial charge on any atom is -0.465 e. The van der Waals surface area contributed by atoms with Crippen molar-refractivity contribution in [2.75, 3.05) is 6.61 Å². The fourth-order valence-electron chi connectivity index (χ4n) is 3.91. The molecule has 0 saturated carbocycles. The Morgan fingerprint density at radius 3 is 1.93 bits per heavy atom. The molecule has 0 amide bonds. The van der Waals surface area contributed by atoms with Crippen LogP contribution in [0.3, 0.4) is 0 Å². The van der Waals surface area contributed by atoms with Crippen molar-refractivity contribution in [2.24, 2.45) is 0 Å². The van der Waals surface area contributed by atoms with Crippen LogP contribution in [-0.4, -0.2) is 12.6 Å². The summed E-state index contributed by atoms with van der Waals surface area (Å²) in [6.07, 6.45) is 9.07. The lowest BCUT2D eigenvalue weighted by atomic mass is 9.98. The van der Waals surface area contributed by atoms with Crippen molar-refractivity contribution in [2.45, 2.75) is 64.2 Å². The maximum atomic E-state index is 12.1. The molecule has 0 radical (unpaired) electrons. The quantitative estimate of drug-likeness (QED) is 0.327. The van der Waals surface area contributed by atoms with Crippen LogP contribution in [0, 0.1) is 0 Å². The highest BCUT2D eigenvalue weighted by Crippen LogP contribution is 2.44. The molecule has 0 spiro atoms. The van der Waals surface area contributed by atoms with E-state index >= 15 is 0 Å². The minimum absolute atomic E-state index is 0. The first-order valence-electron chi connectivity index (χ1n) is 10.1. The normalized spacial score (nSPS) is 12.2. The number of ether oxygens (including phenoxy) is 1. The van der Waals surface area contributed by atoms with Crippen LogP contribution in [0.2, 0.25) is 0 Å². The average molecular weight is 387 g/mol. The van der Waals surface area contributed by atoms with Crippen LogP contribution < -0.4 is 0 Å². The third kappa shape index (κ3) is 5.59. The van der Waals surface area contributed by atoms with Crippen LogP contribution in [-0.2, 0) is 9.53 Å². The van der Waals surface area contributed by atoms with Crippen molar-refractivity contribution in [3.05, 3.63) is 59.7 Å². The number of carbonyl (C=O) groups is 1. The Labute approximate surface area is 169 Å². The van der Waals surface area contributed by atoms with Crippen LogP contribution in [0.4, 0.5) is 0 Å². The third-order valence-electron chi connectivity index (χ3n) is 5.36. The van der Waals surface area contributed by atoms with Crippen molar-refractivity contribution in [3.8, 4) is 11.1 Å². The van der Waals surface area contributed by atoms with Gasteiger partial charge in [-0.05, 0) is 28.7 Å². The molecule has 1 aliphatic carbocycles. The van der Waals surface area contributed by atoms with Crippen molar-refractivity contribution < 1.29 is 9.53 Å². The molecule has 0 bridgehead atoms. The second kappa shape index (κ2) is 11.1. The van der Waals surface area contributed by atoms with E-state index in [4.69, 9.17) is 4.74 Å². The molecule has 2 aromatic rings. The molecule has 0 heterocycles. The van der Waals surface area contributed by atoms with Crippen molar-refractivity contribution in [3.63, 3.8) is 0 Å². The van der Waals surface area contributed by atoms with Gasteiger partial charge in [-0.15, -0.1) is 12.4 Å². The van der Waals surface area contributed by atoms with Gasteiger partial charge < -0.3 is 4.74 Å². The Morgan fingerprint density at radius 1 is 0.815 bits per heavy atom. The van der Waals surface area contributed by atoms with Crippen LogP contribution in [0.5, 0.6) is 0 Å². The van der Waals surface area contributed by atoms with E-state index in [2.05, 4.69) is 55.5 Å². The Kier molecular flexibility index (Phi) is 8.87. The molecule has 27 heavy (non-hydrogen) atoms. The standard InChI is InChI=1S/C24H30O2.ClH/c1-2-3-4-5-6-7-8-17-24(25)26-18-23-21-15-11-9-13-19(21)20-14-10-12-16-22(20)23;/h9-16,23H,2-8,17-18H2,1H3;1H. The summed E-state index contributed by atoms with van der Waals surface area (Å²) in [5, 5.41) is 0. The van der Waals surface area contributed by atoms with Gasteiger partial charge in [-0.1, -0.05) is 94.0 Å².